The summed E-state index contributed by atoms with van der Waals surface area (Å²) < 4.78 is 0. The third-order valence-electron chi connectivity index (χ3n) is 4.30. The van der Waals surface area contributed by atoms with Crippen molar-refractivity contribution in [2.75, 3.05) is 0 Å². The Labute approximate surface area is 112 Å². The van der Waals surface area contributed by atoms with Crippen molar-refractivity contribution in [3.05, 3.63) is 35.9 Å². The van der Waals surface area contributed by atoms with Crippen LogP contribution in [0.15, 0.2) is 30.3 Å². The van der Waals surface area contributed by atoms with Crippen LogP contribution in [0.4, 0.5) is 0 Å². The lowest BCUT2D eigenvalue weighted by molar-refractivity contribution is -0.440. The topological polar surface area (TPSA) is 57.6 Å². The lowest BCUT2D eigenvalue weighted by Gasteiger charge is -2.35. The van der Waals surface area contributed by atoms with Gasteiger partial charge < -0.3 is 11.2 Å². The molecular formula is C16H29NO. The second-order valence-electron chi connectivity index (χ2n) is 5.07. The van der Waals surface area contributed by atoms with Crippen molar-refractivity contribution in [1.82, 2.24) is 0 Å². The van der Waals surface area contributed by atoms with E-state index in [0.29, 0.717) is 6.04 Å². The monoisotopic (exact) mass is 251 g/mol. The predicted octanol–water partition coefficient (Wildman–Crippen LogP) is 3.37. The first kappa shape index (κ1) is 17.1. The summed E-state index contributed by atoms with van der Waals surface area (Å²) in [6.07, 6.45) is 6.18. The zero-order valence-corrected chi connectivity index (χ0v) is 12.2. The molecule has 0 bridgehead atoms. The first-order chi connectivity index (χ1) is 8.21. The first-order valence-corrected chi connectivity index (χ1v) is 7.09. The Morgan fingerprint density at radius 1 is 1.06 bits per heavy atom. The number of hydrogen-bond donors (Lipinski definition) is 1. The predicted molar refractivity (Wildman–Crippen MR) is 76.8 cm³/mol. The molecular weight excluding hydrogens is 222 g/mol. The van der Waals surface area contributed by atoms with Gasteiger partial charge in [0, 0.05) is 11.8 Å². The van der Waals surface area contributed by atoms with E-state index >= 15 is 0 Å². The highest BCUT2D eigenvalue weighted by Crippen LogP contribution is 2.35. The van der Waals surface area contributed by atoms with Gasteiger partial charge in [-0.2, -0.15) is 0 Å². The average Bonchev–Trinajstić information content (AvgIpc) is 2.39. The quantitative estimate of drug-likeness (QED) is 0.793. The Bertz CT molecular complexity index is 306. The Morgan fingerprint density at radius 3 is 2.06 bits per heavy atom. The molecule has 0 heterocycles. The van der Waals surface area contributed by atoms with Crippen LogP contribution in [0, 0.1) is 0 Å². The molecule has 1 unspecified atom stereocenters. The van der Waals surface area contributed by atoms with Crippen molar-refractivity contribution < 1.29 is 11.2 Å². The van der Waals surface area contributed by atoms with Crippen molar-refractivity contribution in [3.63, 3.8) is 0 Å². The Kier molecular flexibility index (Phi) is 7.88. The van der Waals surface area contributed by atoms with E-state index in [2.05, 4.69) is 56.8 Å². The highest BCUT2D eigenvalue weighted by Gasteiger charge is 2.37. The maximum Gasteiger partial charge on any atom is 0.0941 e. The zero-order valence-electron chi connectivity index (χ0n) is 12.2. The third kappa shape index (κ3) is 3.56. The van der Waals surface area contributed by atoms with Gasteiger partial charge in [0.1, 0.15) is 0 Å². The third-order valence-corrected chi connectivity index (χ3v) is 4.30. The van der Waals surface area contributed by atoms with Crippen molar-refractivity contribution in [2.24, 2.45) is 0 Å². The molecule has 2 nitrogen and oxygen atoms in total. The molecule has 18 heavy (non-hydrogen) atoms. The molecule has 0 aliphatic rings. The number of quaternary nitrogens is 1. The summed E-state index contributed by atoms with van der Waals surface area (Å²) in [5, 5.41) is 0. The van der Waals surface area contributed by atoms with Crippen LogP contribution in [-0.2, 0) is 5.41 Å². The number of benzene rings is 1. The van der Waals surface area contributed by atoms with Gasteiger partial charge in [-0.3, -0.25) is 0 Å². The van der Waals surface area contributed by atoms with E-state index in [1.54, 1.807) is 0 Å². The second kappa shape index (κ2) is 8.28. The van der Waals surface area contributed by atoms with E-state index in [1.807, 2.05) is 0 Å². The van der Waals surface area contributed by atoms with E-state index in [0.717, 1.165) is 0 Å². The fraction of sp³-hybridized carbons (Fsp3) is 0.625. The summed E-state index contributed by atoms with van der Waals surface area (Å²) in [4.78, 5) is 0. The van der Waals surface area contributed by atoms with E-state index < -0.39 is 0 Å². The van der Waals surface area contributed by atoms with E-state index in [-0.39, 0.29) is 10.9 Å². The molecule has 4 N–H and O–H groups in total. The van der Waals surface area contributed by atoms with Gasteiger partial charge in [-0.15, -0.1) is 0 Å². The van der Waals surface area contributed by atoms with Crippen molar-refractivity contribution in [1.29, 1.82) is 0 Å². The van der Waals surface area contributed by atoms with Gasteiger partial charge in [0.15, 0.2) is 0 Å². The van der Waals surface area contributed by atoms with Gasteiger partial charge >= 0.3 is 0 Å². The lowest BCUT2D eigenvalue weighted by atomic mass is 9.69. The SMILES string of the molecule is CCCCC([NH3+])C(CC)(CC)c1ccccc1.[OH-]. The fourth-order valence-electron chi connectivity index (χ4n) is 2.97. The van der Waals surface area contributed by atoms with Crippen LogP contribution in [0.2, 0.25) is 0 Å². The Balaban J connectivity index is 0.00000289. The second-order valence-corrected chi connectivity index (χ2v) is 5.07. The average molecular weight is 251 g/mol. The minimum Gasteiger partial charge on any atom is -0.870 e. The molecule has 0 fully saturated rings. The van der Waals surface area contributed by atoms with Crippen LogP contribution in [-0.4, -0.2) is 11.5 Å². The lowest BCUT2D eigenvalue weighted by Crippen LogP contribution is -2.69. The van der Waals surface area contributed by atoms with E-state index in [4.69, 9.17) is 0 Å². The highest BCUT2D eigenvalue weighted by molar-refractivity contribution is 5.26. The van der Waals surface area contributed by atoms with Gasteiger partial charge in [0.05, 0.1) is 6.04 Å². The number of rotatable bonds is 7. The van der Waals surface area contributed by atoms with Crippen molar-refractivity contribution in [3.8, 4) is 0 Å². The maximum absolute atomic E-state index is 4.47. The molecule has 0 aliphatic carbocycles. The summed E-state index contributed by atoms with van der Waals surface area (Å²) in [5.74, 6) is 0. The molecule has 0 amide bonds. The summed E-state index contributed by atoms with van der Waals surface area (Å²) in [7, 11) is 0. The molecule has 104 valence electrons. The maximum atomic E-state index is 4.47. The number of unbranched alkanes of at least 4 members (excludes halogenated alkanes) is 1. The van der Waals surface area contributed by atoms with Gasteiger partial charge in [0.2, 0.25) is 0 Å². The van der Waals surface area contributed by atoms with Gasteiger partial charge in [-0.05, 0) is 24.8 Å². The minimum atomic E-state index is 0. The van der Waals surface area contributed by atoms with Crippen LogP contribution in [0.25, 0.3) is 0 Å². The van der Waals surface area contributed by atoms with Crippen LogP contribution < -0.4 is 5.73 Å². The largest absolute Gasteiger partial charge is 0.870 e. The molecule has 0 aromatic heterocycles. The molecule has 1 rings (SSSR count). The van der Waals surface area contributed by atoms with E-state index in [1.165, 1.54) is 37.7 Å². The van der Waals surface area contributed by atoms with Gasteiger partial charge in [-0.1, -0.05) is 57.5 Å². The fourth-order valence-corrected chi connectivity index (χ4v) is 2.97. The van der Waals surface area contributed by atoms with Gasteiger partial charge in [0.25, 0.3) is 0 Å². The van der Waals surface area contributed by atoms with Crippen LogP contribution in [0.5, 0.6) is 0 Å². The molecule has 2 heteroatoms. The zero-order chi connectivity index (χ0) is 12.7. The molecule has 1 aromatic carbocycles. The molecule has 0 saturated carbocycles. The molecule has 0 radical (unpaired) electrons. The normalized spacial score (nSPS) is 12.9. The molecule has 0 saturated heterocycles. The molecule has 1 aromatic rings. The van der Waals surface area contributed by atoms with Crippen LogP contribution in [0.3, 0.4) is 0 Å². The highest BCUT2D eigenvalue weighted by atomic mass is 16.0. The molecule has 0 aliphatic heterocycles. The minimum absolute atomic E-state index is 0. The standard InChI is InChI=1S/C16H27N.H2O/c1-4-7-13-15(17)16(5-2,6-3)14-11-9-8-10-12-14;/h8-12,15H,4-7,13,17H2,1-3H3;1H2. The smallest absolute Gasteiger partial charge is 0.0941 e. The van der Waals surface area contributed by atoms with Crippen molar-refractivity contribution >= 4 is 0 Å². The number of hydrogen-bond acceptors (Lipinski definition) is 1. The molecule has 0 spiro atoms. The van der Waals surface area contributed by atoms with Gasteiger partial charge in [-0.25, -0.2) is 0 Å². The Hall–Kier alpha value is -0.860. The molecule has 1 atom stereocenters. The Morgan fingerprint density at radius 2 is 1.61 bits per heavy atom. The summed E-state index contributed by atoms with van der Waals surface area (Å²) in [5.41, 5.74) is 6.21. The van der Waals surface area contributed by atoms with Crippen molar-refractivity contribution in [2.45, 2.75) is 64.3 Å². The van der Waals surface area contributed by atoms with Crippen LogP contribution >= 0.6 is 0 Å². The summed E-state index contributed by atoms with van der Waals surface area (Å²) in [6, 6.07) is 11.5. The first-order valence-electron chi connectivity index (χ1n) is 7.09. The van der Waals surface area contributed by atoms with Crippen LogP contribution in [0.1, 0.15) is 58.4 Å². The summed E-state index contributed by atoms with van der Waals surface area (Å²) in [6.45, 7) is 6.87. The summed E-state index contributed by atoms with van der Waals surface area (Å²) >= 11 is 0. The van der Waals surface area contributed by atoms with E-state index in [9.17, 15) is 0 Å².